The molecule has 0 amide bonds. The van der Waals surface area contributed by atoms with Crippen molar-refractivity contribution in [3.8, 4) is 0 Å². The van der Waals surface area contributed by atoms with Gasteiger partial charge in [0.2, 0.25) is 0 Å². The fraction of sp³-hybridized carbons (Fsp3) is 0.833. The van der Waals surface area contributed by atoms with Crippen LogP contribution in [-0.4, -0.2) is 23.6 Å². The second-order valence-electron chi connectivity index (χ2n) is 2.39. The second kappa shape index (κ2) is 3.98. The van der Waals surface area contributed by atoms with E-state index in [1.54, 1.807) is 0 Å². The summed E-state index contributed by atoms with van der Waals surface area (Å²) in [5, 5.41) is -4.20. The van der Waals surface area contributed by atoms with Gasteiger partial charge in [-0.05, 0) is 25.4 Å². The van der Waals surface area contributed by atoms with Crippen molar-refractivity contribution < 1.29 is 22.7 Å². The zero-order valence-electron chi connectivity index (χ0n) is 6.48. The lowest BCUT2D eigenvalue weighted by Gasteiger charge is -2.14. The average molecular weight is 205 g/mol. The van der Waals surface area contributed by atoms with Crippen LogP contribution in [0.25, 0.3) is 0 Å². The third-order valence-corrected chi connectivity index (χ3v) is 1.04. The number of carbonyl (C=O) groups is 1. The summed E-state index contributed by atoms with van der Waals surface area (Å²) in [5.74, 6) is -1.65. The normalized spacial score (nSPS) is 14.6. The zero-order valence-corrected chi connectivity index (χ0v) is 7.24. The number of hydrogen-bond donors (Lipinski definition) is 0. The maximum Gasteiger partial charge on any atom is 0.363 e. The molecule has 0 spiro atoms. The van der Waals surface area contributed by atoms with Crippen molar-refractivity contribution in [1.29, 1.82) is 0 Å². The van der Waals surface area contributed by atoms with Crippen molar-refractivity contribution >= 4 is 17.6 Å². The number of ether oxygens (including phenoxy) is 1. The van der Waals surface area contributed by atoms with E-state index in [0.717, 1.165) is 0 Å². The summed E-state index contributed by atoms with van der Waals surface area (Å²) >= 11 is 4.25. The van der Waals surface area contributed by atoms with Gasteiger partial charge in [-0.2, -0.15) is 8.78 Å². The molecule has 0 aromatic carbocycles. The molecule has 1 unspecified atom stereocenters. The molecular weight excluding hydrogens is 197 g/mol. The first-order valence-corrected chi connectivity index (χ1v) is 3.54. The van der Waals surface area contributed by atoms with Crippen molar-refractivity contribution in [3.63, 3.8) is 0 Å². The fourth-order valence-electron chi connectivity index (χ4n) is 0.426. The van der Waals surface area contributed by atoms with E-state index in [4.69, 9.17) is 0 Å². The van der Waals surface area contributed by atoms with E-state index in [1.165, 1.54) is 13.8 Å². The Bertz CT molecular complexity index is 167. The Hall–Kier alpha value is -0.450. The summed E-state index contributed by atoms with van der Waals surface area (Å²) in [7, 11) is 0. The summed E-state index contributed by atoms with van der Waals surface area (Å²) in [6.45, 7) is 2.83. The van der Waals surface area contributed by atoms with Crippen molar-refractivity contribution in [2.75, 3.05) is 0 Å². The van der Waals surface area contributed by atoms with Gasteiger partial charge < -0.3 is 4.74 Å². The largest absolute Gasteiger partial charge is 0.461 e. The lowest BCUT2D eigenvalue weighted by Crippen LogP contribution is -2.34. The summed E-state index contributed by atoms with van der Waals surface area (Å²) in [6, 6.07) is 0. The molecule has 6 heteroatoms. The molecule has 0 fully saturated rings. The van der Waals surface area contributed by atoms with Gasteiger partial charge in [0.1, 0.15) is 0 Å². The van der Waals surface area contributed by atoms with Crippen LogP contribution >= 0.6 is 11.6 Å². The van der Waals surface area contributed by atoms with Crippen LogP contribution in [0.2, 0.25) is 0 Å². The molecule has 0 saturated carbocycles. The summed E-state index contributed by atoms with van der Waals surface area (Å²) < 4.78 is 40.3. The molecule has 0 aliphatic carbocycles. The lowest BCUT2D eigenvalue weighted by molar-refractivity contribution is -0.161. The van der Waals surface area contributed by atoms with E-state index in [2.05, 4.69) is 16.3 Å². The molecule has 0 bridgehead atoms. The minimum absolute atomic E-state index is 0.644. The Morgan fingerprint density at radius 3 is 2.17 bits per heavy atom. The standard InChI is InChI=1S/C6H8ClF3O2/c1-3(2)12-5(11)4(8)6(7,9)10/h3-4H,1-2H3. The maximum atomic E-state index is 12.3. The molecule has 0 N–H and O–H groups in total. The number of alkyl halides is 4. The number of rotatable bonds is 3. The molecular formula is C6H8ClF3O2. The highest BCUT2D eigenvalue weighted by Crippen LogP contribution is 2.27. The topological polar surface area (TPSA) is 26.3 Å². The molecule has 0 aromatic heterocycles. The SMILES string of the molecule is CC(C)OC(=O)C(F)C(F)(F)Cl. The van der Waals surface area contributed by atoms with E-state index >= 15 is 0 Å². The minimum Gasteiger partial charge on any atom is -0.461 e. The highest BCUT2D eigenvalue weighted by Gasteiger charge is 2.44. The molecule has 0 aliphatic rings. The van der Waals surface area contributed by atoms with Crippen LogP contribution in [-0.2, 0) is 9.53 Å². The van der Waals surface area contributed by atoms with E-state index < -0.39 is 23.6 Å². The summed E-state index contributed by atoms with van der Waals surface area (Å²) in [4.78, 5) is 10.4. The predicted molar refractivity (Wildman–Crippen MR) is 36.9 cm³/mol. The quantitative estimate of drug-likeness (QED) is 0.520. The Morgan fingerprint density at radius 1 is 1.50 bits per heavy atom. The van der Waals surface area contributed by atoms with Gasteiger partial charge in [-0.25, -0.2) is 9.18 Å². The van der Waals surface area contributed by atoms with Gasteiger partial charge in [-0.15, -0.1) is 0 Å². The molecule has 0 heterocycles. The smallest absolute Gasteiger partial charge is 0.363 e. The van der Waals surface area contributed by atoms with E-state index in [1.807, 2.05) is 0 Å². The first-order valence-electron chi connectivity index (χ1n) is 3.16. The predicted octanol–water partition coefficient (Wildman–Crippen LogP) is 2.11. The number of halogens is 4. The van der Waals surface area contributed by atoms with Crippen molar-refractivity contribution in [2.45, 2.75) is 31.5 Å². The molecule has 12 heavy (non-hydrogen) atoms. The van der Waals surface area contributed by atoms with Gasteiger partial charge >= 0.3 is 11.4 Å². The Labute approximate surface area is 72.6 Å². The molecule has 0 aromatic rings. The Balaban J connectivity index is 4.12. The van der Waals surface area contributed by atoms with Gasteiger partial charge in [0.25, 0.3) is 6.17 Å². The molecule has 0 aliphatic heterocycles. The highest BCUT2D eigenvalue weighted by atomic mass is 35.5. The van der Waals surface area contributed by atoms with Crippen LogP contribution in [0.5, 0.6) is 0 Å². The van der Waals surface area contributed by atoms with Gasteiger partial charge in [-0.1, -0.05) is 0 Å². The zero-order chi connectivity index (χ0) is 9.94. The highest BCUT2D eigenvalue weighted by molar-refractivity contribution is 6.23. The molecule has 0 saturated heterocycles. The summed E-state index contributed by atoms with van der Waals surface area (Å²) in [5.41, 5.74) is 0. The van der Waals surface area contributed by atoms with Crippen LogP contribution in [0.1, 0.15) is 13.8 Å². The molecule has 72 valence electrons. The Morgan fingerprint density at radius 2 is 1.92 bits per heavy atom. The Kier molecular flexibility index (Phi) is 3.83. The first-order chi connectivity index (χ1) is 5.25. The van der Waals surface area contributed by atoms with E-state index in [9.17, 15) is 18.0 Å². The molecule has 2 nitrogen and oxygen atoms in total. The van der Waals surface area contributed by atoms with Crippen LogP contribution in [0.3, 0.4) is 0 Å². The van der Waals surface area contributed by atoms with Gasteiger partial charge in [0, 0.05) is 0 Å². The molecule has 0 radical (unpaired) electrons. The van der Waals surface area contributed by atoms with Gasteiger partial charge in [0.15, 0.2) is 0 Å². The number of carbonyl (C=O) groups excluding carboxylic acids is 1. The van der Waals surface area contributed by atoms with Gasteiger partial charge in [0.05, 0.1) is 6.10 Å². The van der Waals surface area contributed by atoms with Crippen molar-refractivity contribution in [1.82, 2.24) is 0 Å². The van der Waals surface area contributed by atoms with Crippen LogP contribution < -0.4 is 0 Å². The third-order valence-electron chi connectivity index (χ3n) is 0.846. The molecule has 0 rings (SSSR count). The van der Waals surface area contributed by atoms with Crippen LogP contribution in [0, 0.1) is 0 Å². The first kappa shape index (κ1) is 11.5. The maximum absolute atomic E-state index is 12.3. The van der Waals surface area contributed by atoms with Gasteiger partial charge in [-0.3, -0.25) is 0 Å². The monoisotopic (exact) mass is 204 g/mol. The van der Waals surface area contributed by atoms with Crippen LogP contribution in [0.15, 0.2) is 0 Å². The fourth-order valence-corrected chi connectivity index (χ4v) is 0.515. The minimum atomic E-state index is -4.20. The third kappa shape index (κ3) is 3.80. The van der Waals surface area contributed by atoms with E-state index in [0.29, 0.717) is 0 Å². The number of hydrogen-bond acceptors (Lipinski definition) is 2. The summed E-state index contributed by atoms with van der Waals surface area (Å²) in [6.07, 6.45) is -3.75. The molecule has 1 atom stereocenters. The average Bonchev–Trinajstić information content (AvgIpc) is 1.82. The van der Waals surface area contributed by atoms with Crippen molar-refractivity contribution in [3.05, 3.63) is 0 Å². The van der Waals surface area contributed by atoms with Crippen molar-refractivity contribution in [2.24, 2.45) is 0 Å². The number of esters is 1. The lowest BCUT2D eigenvalue weighted by atomic mass is 10.4. The second-order valence-corrected chi connectivity index (χ2v) is 2.89. The van der Waals surface area contributed by atoms with E-state index in [-0.39, 0.29) is 0 Å². The van der Waals surface area contributed by atoms with Crippen LogP contribution in [0.4, 0.5) is 13.2 Å².